The Hall–Kier alpha value is -2.95. The number of pyridine rings is 1. The summed E-state index contributed by atoms with van der Waals surface area (Å²) in [5, 5.41) is 10.6. The van der Waals surface area contributed by atoms with Crippen molar-refractivity contribution in [1.29, 1.82) is 5.26 Å². The Labute approximate surface area is 184 Å². The predicted octanol–water partition coefficient (Wildman–Crippen LogP) is 3.45. The van der Waals surface area contributed by atoms with Crippen LogP contribution in [0.1, 0.15) is 35.2 Å². The van der Waals surface area contributed by atoms with Gasteiger partial charge in [-0.2, -0.15) is 27.5 Å². The first kappa shape index (κ1) is 23.7. The first-order valence-electron chi connectivity index (χ1n) is 8.91. The maximum absolute atomic E-state index is 13.6. The molecule has 3 rings (SSSR count). The lowest BCUT2D eigenvalue weighted by atomic mass is 10.2. The number of aromatic nitrogens is 2. The molecule has 0 saturated carbocycles. The van der Waals surface area contributed by atoms with Gasteiger partial charge in [0.1, 0.15) is 28.4 Å². The third-order valence-corrected chi connectivity index (χ3v) is 6.56. The number of amides is 1. The Morgan fingerprint density at radius 1 is 1.38 bits per heavy atom. The van der Waals surface area contributed by atoms with E-state index in [4.69, 9.17) is 16.9 Å². The molecule has 3 heterocycles. The van der Waals surface area contributed by atoms with Gasteiger partial charge in [-0.15, -0.1) is 0 Å². The fourth-order valence-corrected chi connectivity index (χ4v) is 5.12. The van der Waals surface area contributed by atoms with E-state index in [9.17, 15) is 30.8 Å². The molecule has 0 fully saturated rings. The highest BCUT2D eigenvalue weighted by molar-refractivity contribution is 7.89. The predicted molar refractivity (Wildman–Crippen MR) is 106 cm³/mol. The van der Waals surface area contributed by atoms with Crippen LogP contribution in [0.2, 0.25) is 5.02 Å². The van der Waals surface area contributed by atoms with E-state index >= 15 is 0 Å². The minimum Gasteiger partial charge on any atom is -0.334 e. The Morgan fingerprint density at radius 3 is 2.69 bits per heavy atom. The molecule has 1 amide bonds. The van der Waals surface area contributed by atoms with Crippen molar-refractivity contribution in [2.45, 2.75) is 37.0 Å². The van der Waals surface area contributed by atoms with E-state index in [2.05, 4.69) is 10.3 Å². The van der Waals surface area contributed by atoms with Crippen molar-refractivity contribution in [2.24, 2.45) is 0 Å². The lowest BCUT2D eigenvalue weighted by Gasteiger charge is -2.18. The summed E-state index contributed by atoms with van der Waals surface area (Å²) < 4.78 is 80.5. The van der Waals surface area contributed by atoms with Crippen LogP contribution in [0.25, 0.3) is 6.08 Å². The molecule has 8 nitrogen and oxygen atoms in total. The summed E-state index contributed by atoms with van der Waals surface area (Å²) in [4.78, 5) is 15.5. The van der Waals surface area contributed by atoms with Gasteiger partial charge in [-0.25, -0.2) is 13.4 Å². The number of alkyl halides is 3. The summed E-state index contributed by atoms with van der Waals surface area (Å²) in [5.41, 5.74) is -0.890. The van der Waals surface area contributed by atoms with Gasteiger partial charge in [0.25, 0.3) is 5.91 Å². The zero-order valence-electron chi connectivity index (χ0n) is 16.2. The van der Waals surface area contributed by atoms with E-state index in [0.29, 0.717) is 13.3 Å². The van der Waals surface area contributed by atoms with Gasteiger partial charge in [0, 0.05) is 18.3 Å². The molecule has 32 heavy (non-hydrogen) atoms. The second-order valence-electron chi connectivity index (χ2n) is 6.73. The molecule has 0 aliphatic carbocycles. The zero-order valence-corrected chi connectivity index (χ0v) is 17.7. The van der Waals surface area contributed by atoms with E-state index in [-0.39, 0.29) is 29.3 Å². The highest BCUT2D eigenvalue weighted by atomic mass is 35.5. The van der Waals surface area contributed by atoms with Crippen molar-refractivity contribution >= 4 is 39.3 Å². The molecule has 0 radical (unpaired) electrons. The number of sulfonamides is 1. The van der Waals surface area contributed by atoms with E-state index in [1.54, 1.807) is 12.1 Å². The third-order valence-electron chi connectivity index (χ3n) is 4.47. The summed E-state index contributed by atoms with van der Waals surface area (Å²) in [6.07, 6.45) is -1.54. The van der Waals surface area contributed by atoms with Crippen LogP contribution in [0.4, 0.5) is 23.2 Å². The summed E-state index contributed by atoms with van der Waals surface area (Å²) in [7, 11) is -4.78. The topological polar surface area (TPSA) is 117 Å². The quantitative estimate of drug-likeness (QED) is 0.491. The number of nitrogens with one attached hydrogen (secondary N) is 2. The monoisotopic (exact) mass is 491 g/mol. The van der Waals surface area contributed by atoms with Gasteiger partial charge in [-0.1, -0.05) is 17.7 Å². The maximum Gasteiger partial charge on any atom is 0.404 e. The van der Waals surface area contributed by atoms with Gasteiger partial charge in [0.05, 0.1) is 10.7 Å². The molecule has 2 N–H and O–H groups in total. The number of hydrogen-bond acceptors (Lipinski definition) is 5. The summed E-state index contributed by atoms with van der Waals surface area (Å²) in [5.74, 6) is -1.99. The first-order valence-corrected chi connectivity index (χ1v) is 10.8. The lowest BCUT2D eigenvalue weighted by Crippen LogP contribution is -2.43. The normalized spacial score (nSPS) is 14.5. The Kier molecular flexibility index (Phi) is 6.32. The molecule has 1 aliphatic heterocycles. The highest BCUT2D eigenvalue weighted by Gasteiger charge is 2.41. The molecule has 0 saturated heterocycles. The van der Waals surface area contributed by atoms with Crippen LogP contribution < -0.4 is 10.0 Å². The summed E-state index contributed by atoms with van der Waals surface area (Å²) >= 11 is 6.20. The summed E-state index contributed by atoms with van der Waals surface area (Å²) in [6, 6.07) is 1.12. The number of carbonyl (C=O) groups is 1. The molecule has 0 bridgehead atoms. The molecule has 2 aromatic rings. The van der Waals surface area contributed by atoms with Crippen molar-refractivity contribution in [3.63, 3.8) is 0 Å². The zero-order chi connectivity index (χ0) is 23.8. The van der Waals surface area contributed by atoms with Gasteiger partial charge in [0.15, 0.2) is 0 Å². The highest BCUT2D eigenvalue weighted by Crippen LogP contribution is 2.36. The lowest BCUT2D eigenvalue weighted by molar-refractivity contribution is -0.147. The van der Waals surface area contributed by atoms with Crippen LogP contribution in [-0.2, 0) is 16.6 Å². The van der Waals surface area contributed by atoms with Gasteiger partial charge in [-0.3, -0.25) is 4.79 Å². The van der Waals surface area contributed by atoms with E-state index in [1.165, 1.54) is 15.4 Å². The summed E-state index contributed by atoms with van der Waals surface area (Å²) in [6.45, 7) is 0.745. The Morgan fingerprint density at radius 2 is 2.06 bits per heavy atom. The van der Waals surface area contributed by atoms with Gasteiger partial charge in [0.2, 0.25) is 16.0 Å². The van der Waals surface area contributed by atoms with E-state index in [1.807, 2.05) is 0 Å². The molecular formula is C18H14ClF4N5O3S. The molecule has 1 aliphatic rings. The molecule has 14 heteroatoms. The fraction of sp³-hybridized carbons (Fsp3) is 0.278. The molecule has 1 atom stereocenters. The number of nitriles is 1. The number of halogens is 5. The largest absolute Gasteiger partial charge is 0.404 e. The standard InChI is InChI=1S/C18H14ClF4N5O3S/c1-9(18(21,22)23)27-32(30,31)16-12-4-2-3-5-28(12)15(14(16)19)17(29)26-10-6-11(8-24)25-13(20)7-10/h2,4,6-7,9,27H,3,5H2,1H3,(H,25,26,29). The molecular weight excluding hydrogens is 478 g/mol. The van der Waals surface area contributed by atoms with Crippen molar-refractivity contribution in [2.75, 3.05) is 5.32 Å². The average Bonchev–Trinajstić information content (AvgIpc) is 2.98. The second kappa shape index (κ2) is 8.53. The molecule has 2 aromatic heterocycles. The van der Waals surface area contributed by atoms with Crippen LogP contribution in [0.15, 0.2) is 23.1 Å². The van der Waals surface area contributed by atoms with Crippen molar-refractivity contribution in [3.05, 3.63) is 46.3 Å². The average molecular weight is 492 g/mol. The smallest absolute Gasteiger partial charge is 0.334 e. The number of hydrogen-bond donors (Lipinski definition) is 2. The van der Waals surface area contributed by atoms with Crippen molar-refractivity contribution < 1.29 is 30.8 Å². The number of anilines is 1. The number of allylic oxidation sites excluding steroid dienone is 1. The minimum absolute atomic E-state index is 0.0769. The SMILES string of the molecule is CC(NS(=O)(=O)c1c(Cl)c(C(=O)Nc2cc(F)nc(C#N)c2)n2c1C=CCC2)C(F)(F)F. The van der Waals surface area contributed by atoms with Gasteiger partial charge in [-0.05, 0) is 25.5 Å². The first-order chi connectivity index (χ1) is 14.8. The Balaban J connectivity index is 2.07. The van der Waals surface area contributed by atoms with E-state index in [0.717, 1.165) is 12.1 Å². The molecule has 1 unspecified atom stereocenters. The van der Waals surface area contributed by atoms with Crippen LogP contribution in [0.5, 0.6) is 0 Å². The number of fused-ring (bicyclic) bond motifs is 1. The Bertz CT molecular complexity index is 1260. The van der Waals surface area contributed by atoms with Crippen LogP contribution >= 0.6 is 11.6 Å². The van der Waals surface area contributed by atoms with Crippen LogP contribution in [0, 0.1) is 17.3 Å². The number of carbonyl (C=O) groups excluding carboxylic acids is 1. The van der Waals surface area contributed by atoms with Gasteiger partial charge >= 0.3 is 6.18 Å². The fourth-order valence-electron chi connectivity index (χ4n) is 3.03. The minimum atomic E-state index is -4.85. The maximum atomic E-state index is 13.6. The molecule has 0 spiro atoms. The number of nitrogens with zero attached hydrogens (tertiary/aromatic N) is 3. The van der Waals surface area contributed by atoms with E-state index < -0.39 is 44.0 Å². The van der Waals surface area contributed by atoms with Crippen LogP contribution in [-0.4, -0.2) is 36.1 Å². The van der Waals surface area contributed by atoms with Crippen LogP contribution in [0.3, 0.4) is 0 Å². The third kappa shape index (κ3) is 4.62. The van der Waals surface area contributed by atoms with Crippen molar-refractivity contribution in [1.82, 2.24) is 14.3 Å². The van der Waals surface area contributed by atoms with Gasteiger partial charge < -0.3 is 9.88 Å². The van der Waals surface area contributed by atoms with Crippen molar-refractivity contribution in [3.8, 4) is 6.07 Å². The number of rotatable bonds is 5. The second-order valence-corrected chi connectivity index (χ2v) is 8.76. The molecule has 170 valence electrons. The molecule has 0 aromatic carbocycles.